The van der Waals surface area contributed by atoms with Crippen LogP contribution in [0.25, 0.3) is 0 Å². The largest absolute Gasteiger partial charge is 0.462 e. The normalized spacial score (nSPS) is 12.6. The number of carbonyl (C=O) groups excluding carboxylic acids is 3. The molecule has 1 amide bonds. The lowest BCUT2D eigenvalue weighted by Gasteiger charge is -2.19. The molecular formula is C22H45N7O4. The van der Waals surface area contributed by atoms with E-state index in [4.69, 9.17) is 27.7 Å². The summed E-state index contributed by atoms with van der Waals surface area (Å²) >= 11 is 0. The molecule has 0 heterocycles. The smallest absolute Gasteiger partial charge is 0.305 e. The van der Waals surface area contributed by atoms with Gasteiger partial charge in [-0.1, -0.05) is 6.92 Å². The zero-order valence-corrected chi connectivity index (χ0v) is 20.2. The van der Waals surface area contributed by atoms with Crippen molar-refractivity contribution in [2.45, 2.75) is 83.3 Å². The minimum absolute atomic E-state index is 0.0319. The second kappa shape index (κ2) is 20.4. The quantitative estimate of drug-likeness (QED) is 0.0560. The number of nitrogens with one attached hydrogen (secondary N) is 2. The molecule has 0 aromatic carbocycles. The number of ketones is 1. The van der Waals surface area contributed by atoms with E-state index in [1.54, 1.807) is 6.92 Å². The highest BCUT2D eigenvalue weighted by atomic mass is 16.5. The second-order valence-electron chi connectivity index (χ2n) is 8.03. The van der Waals surface area contributed by atoms with E-state index < -0.39 is 12.1 Å². The summed E-state index contributed by atoms with van der Waals surface area (Å²) in [6, 6.07) is -0.771. The lowest BCUT2D eigenvalue weighted by atomic mass is 9.99. The first-order valence-electron chi connectivity index (χ1n) is 12.0. The highest BCUT2D eigenvalue weighted by Crippen LogP contribution is 2.13. The van der Waals surface area contributed by atoms with Crippen molar-refractivity contribution in [2.75, 3.05) is 32.7 Å². The zero-order chi connectivity index (χ0) is 24.9. The molecule has 11 heteroatoms. The monoisotopic (exact) mass is 471 g/mol. The van der Waals surface area contributed by atoms with Gasteiger partial charge < -0.3 is 38.3 Å². The van der Waals surface area contributed by atoms with Crippen LogP contribution >= 0.6 is 0 Å². The van der Waals surface area contributed by atoms with Gasteiger partial charge in [0.25, 0.3) is 0 Å². The molecule has 0 radical (unpaired) electrons. The van der Waals surface area contributed by atoms with E-state index in [0.717, 1.165) is 32.4 Å². The molecule has 0 saturated heterocycles. The Morgan fingerprint density at radius 1 is 0.970 bits per heavy atom. The minimum Gasteiger partial charge on any atom is -0.462 e. The van der Waals surface area contributed by atoms with Crippen LogP contribution in [0.4, 0.5) is 0 Å². The second-order valence-corrected chi connectivity index (χ2v) is 8.03. The van der Waals surface area contributed by atoms with Crippen molar-refractivity contribution in [1.82, 2.24) is 10.6 Å². The van der Waals surface area contributed by atoms with E-state index in [2.05, 4.69) is 15.6 Å². The summed E-state index contributed by atoms with van der Waals surface area (Å²) in [6.45, 7) is 5.25. The standard InChI is InChI=1S/C22H45N7O4/c1-2-21(32)33-17(8-3-4-15-29-22(25)26)16-19(30)18(24)9-10-20(31)28-14-6-5-12-27-13-7-11-23/h17-18,27H,2-16,23-24H2,1H3,(H,28,31)(H4,25,26,29). The third-order valence-electron chi connectivity index (χ3n) is 5.00. The lowest BCUT2D eigenvalue weighted by Crippen LogP contribution is -2.36. The van der Waals surface area contributed by atoms with Crippen molar-refractivity contribution in [3.63, 3.8) is 0 Å². The third kappa shape index (κ3) is 19.0. The molecule has 0 spiro atoms. The Bertz CT molecular complexity index is 583. The maximum absolute atomic E-state index is 12.5. The molecule has 0 aliphatic heterocycles. The predicted molar refractivity (Wildman–Crippen MR) is 130 cm³/mol. The summed E-state index contributed by atoms with van der Waals surface area (Å²) < 4.78 is 5.39. The van der Waals surface area contributed by atoms with Crippen molar-refractivity contribution in [3.05, 3.63) is 0 Å². The number of ether oxygens (including phenoxy) is 1. The van der Waals surface area contributed by atoms with E-state index in [1.165, 1.54) is 0 Å². The maximum Gasteiger partial charge on any atom is 0.305 e. The number of esters is 1. The van der Waals surface area contributed by atoms with Gasteiger partial charge in [-0.2, -0.15) is 0 Å². The van der Waals surface area contributed by atoms with Gasteiger partial charge in [0.05, 0.1) is 6.04 Å². The molecule has 0 aromatic heterocycles. The van der Waals surface area contributed by atoms with Crippen LogP contribution in [0.5, 0.6) is 0 Å². The molecule has 0 aliphatic carbocycles. The summed E-state index contributed by atoms with van der Waals surface area (Å²) in [7, 11) is 0. The summed E-state index contributed by atoms with van der Waals surface area (Å²) in [6.07, 6.45) is 4.89. The summed E-state index contributed by atoms with van der Waals surface area (Å²) in [5.41, 5.74) is 22.0. The van der Waals surface area contributed by atoms with Gasteiger partial charge in [0.1, 0.15) is 6.10 Å². The number of amides is 1. The van der Waals surface area contributed by atoms with Gasteiger partial charge in [0, 0.05) is 32.4 Å². The van der Waals surface area contributed by atoms with E-state index in [1.807, 2.05) is 0 Å². The van der Waals surface area contributed by atoms with Crippen LogP contribution in [0.2, 0.25) is 0 Å². The number of hydrogen-bond donors (Lipinski definition) is 6. The van der Waals surface area contributed by atoms with Gasteiger partial charge in [-0.05, 0) is 64.6 Å². The third-order valence-corrected chi connectivity index (χ3v) is 5.00. The van der Waals surface area contributed by atoms with Crippen LogP contribution in [0.3, 0.4) is 0 Å². The van der Waals surface area contributed by atoms with Crippen LogP contribution in [0.15, 0.2) is 4.99 Å². The van der Waals surface area contributed by atoms with E-state index in [0.29, 0.717) is 38.9 Å². The topological polar surface area (TPSA) is 201 Å². The Kier molecular flexibility index (Phi) is 19.0. The molecule has 192 valence electrons. The Morgan fingerprint density at radius 2 is 1.67 bits per heavy atom. The molecule has 0 bridgehead atoms. The van der Waals surface area contributed by atoms with Crippen LogP contribution < -0.4 is 33.6 Å². The summed E-state index contributed by atoms with van der Waals surface area (Å²) in [5, 5.41) is 6.14. The fourth-order valence-electron chi connectivity index (χ4n) is 3.03. The van der Waals surface area contributed by atoms with Crippen molar-refractivity contribution >= 4 is 23.6 Å². The van der Waals surface area contributed by atoms with Crippen LogP contribution in [0.1, 0.15) is 71.1 Å². The molecule has 2 unspecified atom stereocenters. The number of guanidine groups is 1. The van der Waals surface area contributed by atoms with E-state index in [9.17, 15) is 14.4 Å². The number of nitrogens with two attached hydrogens (primary N) is 4. The van der Waals surface area contributed by atoms with Crippen molar-refractivity contribution in [3.8, 4) is 0 Å². The fraction of sp³-hybridized carbons (Fsp3) is 0.818. The molecule has 0 saturated carbocycles. The molecule has 33 heavy (non-hydrogen) atoms. The Labute approximate surface area is 197 Å². The highest BCUT2D eigenvalue weighted by Gasteiger charge is 2.22. The van der Waals surface area contributed by atoms with Crippen LogP contribution in [-0.2, 0) is 19.1 Å². The maximum atomic E-state index is 12.5. The van der Waals surface area contributed by atoms with Gasteiger partial charge >= 0.3 is 5.97 Å². The molecule has 11 nitrogen and oxygen atoms in total. The van der Waals surface area contributed by atoms with Gasteiger partial charge in [-0.25, -0.2) is 0 Å². The Hall–Kier alpha value is -2.24. The Balaban J connectivity index is 4.19. The average molecular weight is 472 g/mol. The summed E-state index contributed by atoms with van der Waals surface area (Å²) in [5.74, 6) is -0.670. The minimum atomic E-state index is -0.771. The number of hydrogen-bond acceptors (Lipinski definition) is 8. The Morgan fingerprint density at radius 3 is 2.33 bits per heavy atom. The van der Waals surface area contributed by atoms with Gasteiger partial charge in [0.15, 0.2) is 11.7 Å². The zero-order valence-electron chi connectivity index (χ0n) is 20.2. The van der Waals surface area contributed by atoms with Crippen molar-refractivity contribution in [2.24, 2.45) is 27.9 Å². The fourth-order valence-corrected chi connectivity index (χ4v) is 3.03. The highest BCUT2D eigenvalue weighted by molar-refractivity contribution is 5.85. The van der Waals surface area contributed by atoms with Crippen LogP contribution in [-0.4, -0.2) is 68.5 Å². The van der Waals surface area contributed by atoms with Gasteiger partial charge in [-0.15, -0.1) is 0 Å². The molecule has 10 N–H and O–H groups in total. The van der Waals surface area contributed by atoms with Gasteiger partial charge in [-0.3, -0.25) is 19.4 Å². The first-order chi connectivity index (χ1) is 15.8. The number of carbonyl (C=O) groups is 3. The molecule has 0 aromatic rings. The summed E-state index contributed by atoms with van der Waals surface area (Å²) in [4.78, 5) is 40.1. The number of aliphatic imine (C=N–C) groups is 1. The van der Waals surface area contributed by atoms with Crippen LogP contribution in [0, 0.1) is 0 Å². The molecule has 0 fully saturated rings. The molecule has 0 rings (SSSR count). The molecule has 2 atom stereocenters. The number of nitrogens with zero attached hydrogens (tertiary/aromatic N) is 1. The van der Waals surface area contributed by atoms with Gasteiger partial charge in [0.2, 0.25) is 5.91 Å². The lowest BCUT2D eigenvalue weighted by molar-refractivity contribution is -0.150. The SMILES string of the molecule is CCC(=O)OC(CCCCN=C(N)N)CC(=O)C(N)CCC(=O)NCCCCNCCCN. The average Bonchev–Trinajstić information content (AvgIpc) is 2.78. The molecular weight excluding hydrogens is 426 g/mol. The van der Waals surface area contributed by atoms with E-state index >= 15 is 0 Å². The first-order valence-corrected chi connectivity index (χ1v) is 12.0. The van der Waals surface area contributed by atoms with Crippen molar-refractivity contribution < 1.29 is 19.1 Å². The predicted octanol–water partition coefficient (Wildman–Crippen LogP) is -0.347. The number of unbranched alkanes of at least 4 members (excludes halogenated alkanes) is 2. The first kappa shape index (κ1) is 30.8. The van der Waals surface area contributed by atoms with E-state index in [-0.39, 0.29) is 49.3 Å². The number of rotatable bonds is 21. The van der Waals surface area contributed by atoms with Crippen molar-refractivity contribution in [1.29, 1.82) is 0 Å². The molecule has 0 aliphatic rings. The number of Topliss-reactive ketones (excluding diaryl/α,β-unsaturated/α-hetero) is 1.